The molecule has 5 rings (SSSR count). The third-order valence-electron chi connectivity index (χ3n) is 5.80. The van der Waals surface area contributed by atoms with Crippen LogP contribution in [0.1, 0.15) is 20.7 Å². The molecular weight excluding hydrogens is 389 g/mol. The molecule has 0 N–H and O–H groups in total. The first-order valence-electron chi connectivity index (χ1n) is 10.1. The summed E-state index contributed by atoms with van der Waals surface area (Å²) in [5.41, 5.74) is 2.15. The van der Waals surface area contributed by atoms with Crippen LogP contribution in [0.2, 0.25) is 0 Å². The van der Waals surface area contributed by atoms with Crippen LogP contribution < -0.4 is 9.80 Å². The number of halogens is 1. The maximum Gasteiger partial charge on any atom is 0.261 e. The predicted molar refractivity (Wildman–Crippen MR) is 108 cm³/mol. The first kappa shape index (κ1) is 19.0. The van der Waals surface area contributed by atoms with Gasteiger partial charge in [-0.1, -0.05) is 12.1 Å². The van der Waals surface area contributed by atoms with Gasteiger partial charge in [0.2, 0.25) is 0 Å². The van der Waals surface area contributed by atoms with E-state index in [1.165, 1.54) is 11.0 Å². The highest BCUT2D eigenvalue weighted by molar-refractivity contribution is 6.21. The van der Waals surface area contributed by atoms with Crippen molar-refractivity contribution in [1.82, 2.24) is 4.90 Å². The zero-order chi connectivity index (χ0) is 20.7. The Kier molecular flexibility index (Phi) is 4.88. The summed E-state index contributed by atoms with van der Waals surface area (Å²) >= 11 is 0. The Hall–Kier alpha value is -2.97. The average Bonchev–Trinajstić information content (AvgIpc) is 3.34. The lowest BCUT2D eigenvalue weighted by Gasteiger charge is -2.29. The Morgan fingerprint density at radius 2 is 1.67 bits per heavy atom. The molecule has 30 heavy (non-hydrogen) atoms. The Balaban J connectivity index is 1.25. The second-order valence-corrected chi connectivity index (χ2v) is 7.64. The van der Waals surface area contributed by atoms with Crippen LogP contribution in [0.4, 0.5) is 15.8 Å². The second kappa shape index (κ2) is 7.70. The van der Waals surface area contributed by atoms with E-state index in [4.69, 9.17) is 9.47 Å². The van der Waals surface area contributed by atoms with Gasteiger partial charge in [0.05, 0.1) is 42.7 Å². The van der Waals surface area contributed by atoms with Gasteiger partial charge in [0, 0.05) is 25.3 Å². The number of hydrogen-bond donors (Lipinski definition) is 0. The van der Waals surface area contributed by atoms with E-state index >= 15 is 0 Å². The number of hydrogen-bond acceptors (Lipinski definition) is 6. The summed E-state index contributed by atoms with van der Waals surface area (Å²) in [4.78, 5) is 30.2. The Bertz CT molecular complexity index is 957. The number of benzene rings is 2. The maximum absolute atomic E-state index is 14.7. The van der Waals surface area contributed by atoms with E-state index in [1.807, 2.05) is 15.9 Å². The lowest BCUT2D eigenvalue weighted by molar-refractivity contribution is 0.0492. The molecule has 2 aromatic carbocycles. The molecule has 2 saturated heterocycles. The van der Waals surface area contributed by atoms with Crippen molar-refractivity contribution in [1.29, 1.82) is 0 Å². The summed E-state index contributed by atoms with van der Waals surface area (Å²) in [6.45, 7) is 3.48. The zero-order valence-corrected chi connectivity index (χ0v) is 16.4. The number of rotatable bonds is 4. The van der Waals surface area contributed by atoms with E-state index in [9.17, 15) is 14.0 Å². The molecule has 1 atom stereocenters. The molecule has 0 saturated carbocycles. The van der Waals surface area contributed by atoms with Gasteiger partial charge in [0.1, 0.15) is 12.5 Å². The highest BCUT2D eigenvalue weighted by atomic mass is 19.1. The van der Waals surface area contributed by atoms with E-state index in [0.717, 1.165) is 5.69 Å². The smallest absolute Gasteiger partial charge is 0.261 e. The molecule has 0 spiro atoms. The van der Waals surface area contributed by atoms with Crippen LogP contribution in [0.15, 0.2) is 42.5 Å². The van der Waals surface area contributed by atoms with Crippen molar-refractivity contribution in [3.05, 3.63) is 59.4 Å². The van der Waals surface area contributed by atoms with E-state index < -0.39 is 0 Å². The number of carbonyl (C=O) groups excluding carboxylic acids is 2. The molecular formula is C22H22FN3O4. The van der Waals surface area contributed by atoms with Crippen LogP contribution in [-0.4, -0.2) is 68.9 Å². The molecule has 3 aliphatic rings. The van der Waals surface area contributed by atoms with Crippen LogP contribution in [0, 0.1) is 5.82 Å². The molecule has 0 radical (unpaired) electrons. The van der Waals surface area contributed by atoms with E-state index in [2.05, 4.69) is 0 Å². The van der Waals surface area contributed by atoms with Gasteiger partial charge in [-0.3, -0.25) is 14.5 Å². The minimum Gasteiger partial charge on any atom is -0.378 e. The first-order valence-corrected chi connectivity index (χ1v) is 10.1. The van der Waals surface area contributed by atoms with Crippen molar-refractivity contribution in [2.24, 2.45) is 0 Å². The molecule has 3 heterocycles. The zero-order valence-electron chi connectivity index (χ0n) is 16.4. The van der Waals surface area contributed by atoms with Gasteiger partial charge >= 0.3 is 0 Å². The van der Waals surface area contributed by atoms with Gasteiger partial charge in [-0.05, 0) is 30.3 Å². The number of imide groups is 1. The van der Waals surface area contributed by atoms with Crippen LogP contribution in [0.3, 0.4) is 0 Å². The Morgan fingerprint density at radius 1 is 0.967 bits per heavy atom. The fourth-order valence-electron chi connectivity index (χ4n) is 4.20. The minimum absolute atomic E-state index is 0.178. The summed E-state index contributed by atoms with van der Waals surface area (Å²) in [6.07, 6.45) is -0.325. The lowest BCUT2D eigenvalue weighted by Crippen LogP contribution is -2.38. The summed E-state index contributed by atoms with van der Waals surface area (Å²) in [5, 5.41) is 0. The second-order valence-electron chi connectivity index (χ2n) is 7.64. The molecule has 1 unspecified atom stereocenters. The van der Waals surface area contributed by atoms with Gasteiger partial charge in [-0.25, -0.2) is 4.39 Å². The first-order chi connectivity index (χ1) is 14.6. The minimum atomic E-state index is -0.325. The molecule has 2 fully saturated rings. The van der Waals surface area contributed by atoms with Crippen molar-refractivity contribution < 1.29 is 23.5 Å². The third-order valence-corrected chi connectivity index (χ3v) is 5.80. The van der Waals surface area contributed by atoms with Crippen molar-refractivity contribution in [2.45, 2.75) is 6.10 Å². The molecule has 2 aromatic rings. The summed E-state index contributed by atoms with van der Waals surface area (Å²) in [6, 6.07) is 12.0. The monoisotopic (exact) mass is 411 g/mol. The fraction of sp³-hybridized carbons (Fsp3) is 0.364. The third kappa shape index (κ3) is 3.32. The van der Waals surface area contributed by atoms with Gasteiger partial charge < -0.3 is 19.3 Å². The molecule has 0 aliphatic carbocycles. The van der Waals surface area contributed by atoms with Crippen molar-refractivity contribution in [3.8, 4) is 0 Å². The molecule has 0 aromatic heterocycles. The van der Waals surface area contributed by atoms with Crippen LogP contribution in [0.5, 0.6) is 0 Å². The molecule has 3 aliphatic heterocycles. The van der Waals surface area contributed by atoms with Gasteiger partial charge in [0.15, 0.2) is 0 Å². The number of morpholine rings is 1. The maximum atomic E-state index is 14.7. The molecule has 8 heteroatoms. The van der Waals surface area contributed by atoms with Crippen LogP contribution in [-0.2, 0) is 9.47 Å². The van der Waals surface area contributed by atoms with Crippen LogP contribution in [0.25, 0.3) is 0 Å². The van der Waals surface area contributed by atoms with E-state index in [1.54, 1.807) is 30.3 Å². The highest BCUT2D eigenvalue weighted by Crippen LogP contribution is 2.29. The number of amides is 2. The largest absolute Gasteiger partial charge is 0.378 e. The Labute approximate surface area is 173 Å². The average molecular weight is 411 g/mol. The molecule has 2 amide bonds. The SMILES string of the molecule is O=C1c2ccccc2C(=O)N1CC1CN(c2ccc(N3CCOCC3)c(F)c2)CO1. The normalized spacial score (nSPS) is 21.5. The molecule has 7 nitrogen and oxygen atoms in total. The number of nitrogens with zero attached hydrogens (tertiary/aromatic N) is 3. The summed E-state index contributed by atoms with van der Waals surface area (Å²) < 4.78 is 25.8. The summed E-state index contributed by atoms with van der Waals surface area (Å²) in [7, 11) is 0. The highest BCUT2D eigenvalue weighted by Gasteiger charge is 2.38. The van der Waals surface area contributed by atoms with Crippen molar-refractivity contribution in [2.75, 3.05) is 55.9 Å². The van der Waals surface area contributed by atoms with Gasteiger partial charge in [-0.2, -0.15) is 0 Å². The van der Waals surface area contributed by atoms with Crippen LogP contribution >= 0.6 is 0 Å². The summed E-state index contributed by atoms with van der Waals surface area (Å²) in [5.74, 6) is -0.865. The molecule has 156 valence electrons. The lowest BCUT2D eigenvalue weighted by atomic mass is 10.1. The van der Waals surface area contributed by atoms with Gasteiger partial charge in [0.25, 0.3) is 11.8 Å². The fourth-order valence-corrected chi connectivity index (χ4v) is 4.20. The van der Waals surface area contributed by atoms with Crippen molar-refractivity contribution in [3.63, 3.8) is 0 Å². The van der Waals surface area contributed by atoms with Crippen molar-refractivity contribution >= 4 is 23.2 Å². The quantitative estimate of drug-likeness (QED) is 0.719. The van der Waals surface area contributed by atoms with Gasteiger partial charge in [-0.15, -0.1) is 0 Å². The number of anilines is 2. The number of carbonyl (C=O) groups is 2. The predicted octanol–water partition coefficient (Wildman–Crippen LogP) is 2.12. The van der Waals surface area contributed by atoms with E-state index in [0.29, 0.717) is 49.7 Å². The van der Waals surface area contributed by atoms with E-state index in [-0.39, 0.29) is 37.0 Å². The Morgan fingerprint density at radius 3 is 2.33 bits per heavy atom. The number of ether oxygens (including phenoxy) is 2. The topological polar surface area (TPSA) is 62.3 Å². The standard InChI is InChI=1S/C22H22FN3O4/c23-19-11-15(5-6-20(19)24-7-9-29-10-8-24)25-12-16(30-14-25)13-26-21(27)17-3-1-2-4-18(17)22(26)28/h1-6,11,16H,7-10,12-14H2. The molecule has 0 bridgehead atoms. The number of fused-ring (bicyclic) bond motifs is 1.